The van der Waals surface area contributed by atoms with Crippen molar-refractivity contribution >= 4 is 52.3 Å². The van der Waals surface area contributed by atoms with Crippen LogP contribution < -0.4 is 16.0 Å². The SMILES string of the molecule is Cc1c(NC(=O)c2ccc(NC(=O)c3ccc(NC(=O)[C@H](CC#N)CC(=O)c4ccc(CC(=O)c5ccc(O)cc5)cc4)cc3)c(C)c2O)ccc(C(=O)O)c1O. The average Bonchev–Trinajstić information content (AvgIpc) is 3.18. The van der Waals surface area contributed by atoms with Crippen LogP contribution in [0.25, 0.3) is 0 Å². The van der Waals surface area contributed by atoms with Crippen LogP contribution in [0, 0.1) is 31.1 Å². The Hall–Kier alpha value is -7.79. The number of nitriles is 1. The lowest BCUT2D eigenvalue weighted by Gasteiger charge is -2.15. The van der Waals surface area contributed by atoms with Crippen LogP contribution in [0.15, 0.2) is 97.1 Å². The van der Waals surface area contributed by atoms with E-state index in [0.717, 1.165) is 6.07 Å². The Balaban J connectivity index is 1.17. The van der Waals surface area contributed by atoms with Gasteiger partial charge in [0.15, 0.2) is 11.6 Å². The molecule has 0 bridgehead atoms. The Kier molecular flexibility index (Phi) is 12.4. The molecule has 0 spiro atoms. The number of aromatic carboxylic acids is 1. The molecule has 1 atom stereocenters. The van der Waals surface area contributed by atoms with E-state index < -0.39 is 41.1 Å². The van der Waals surface area contributed by atoms with Crippen LogP contribution in [0.4, 0.5) is 17.1 Å². The van der Waals surface area contributed by atoms with Gasteiger partial charge < -0.3 is 36.4 Å². The Morgan fingerprint density at radius 3 is 1.70 bits per heavy atom. The number of carboxylic acid groups (broad SMARTS) is 1. The van der Waals surface area contributed by atoms with Crippen LogP contribution in [0.2, 0.25) is 0 Å². The lowest BCUT2D eigenvalue weighted by molar-refractivity contribution is -0.119. The van der Waals surface area contributed by atoms with Crippen molar-refractivity contribution in [2.45, 2.75) is 33.1 Å². The topological polar surface area (TPSA) is 243 Å². The van der Waals surface area contributed by atoms with Crippen LogP contribution >= 0.6 is 0 Å². The van der Waals surface area contributed by atoms with Crippen molar-refractivity contribution in [2.75, 3.05) is 16.0 Å². The Morgan fingerprint density at radius 1 is 0.614 bits per heavy atom. The largest absolute Gasteiger partial charge is 0.508 e. The molecule has 0 radical (unpaired) electrons. The number of phenols is 3. The van der Waals surface area contributed by atoms with Gasteiger partial charge >= 0.3 is 5.97 Å². The average molecular weight is 769 g/mol. The molecule has 0 aromatic heterocycles. The summed E-state index contributed by atoms with van der Waals surface area (Å²) in [5.41, 5.74) is 2.05. The number of aromatic hydroxyl groups is 3. The van der Waals surface area contributed by atoms with E-state index in [0.29, 0.717) is 22.4 Å². The van der Waals surface area contributed by atoms with Crippen molar-refractivity contribution in [1.82, 2.24) is 0 Å². The summed E-state index contributed by atoms with van der Waals surface area (Å²) in [6.07, 6.45) is -0.394. The molecule has 288 valence electrons. The van der Waals surface area contributed by atoms with E-state index in [-0.39, 0.29) is 75.8 Å². The molecule has 0 aliphatic heterocycles. The molecule has 5 aromatic carbocycles. The summed E-state index contributed by atoms with van der Waals surface area (Å²) >= 11 is 0. The molecule has 0 aliphatic rings. The smallest absolute Gasteiger partial charge is 0.339 e. The van der Waals surface area contributed by atoms with E-state index in [4.69, 9.17) is 0 Å². The zero-order chi connectivity index (χ0) is 41.4. The Labute approximate surface area is 326 Å². The number of rotatable bonds is 14. The summed E-state index contributed by atoms with van der Waals surface area (Å²) in [4.78, 5) is 76.1. The minimum atomic E-state index is -1.34. The first-order chi connectivity index (χ1) is 27.2. The van der Waals surface area contributed by atoms with Gasteiger partial charge in [-0.15, -0.1) is 0 Å². The quantitative estimate of drug-likeness (QED) is 0.0580. The van der Waals surface area contributed by atoms with Crippen LogP contribution in [0.3, 0.4) is 0 Å². The second-order valence-corrected chi connectivity index (χ2v) is 13.1. The highest BCUT2D eigenvalue weighted by Crippen LogP contribution is 2.32. The van der Waals surface area contributed by atoms with Gasteiger partial charge in [-0.2, -0.15) is 5.26 Å². The number of phenolic OH excluding ortho intramolecular Hbond substituents is 2. The highest BCUT2D eigenvalue weighted by Gasteiger charge is 2.24. The van der Waals surface area contributed by atoms with Crippen molar-refractivity contribution in [3.8, 4) is 23.3 Å². The molecule has 0 fully saturated rings. The number of nitrogens with one attached hydrogen (secondary N) is 3. The summed E-state index contributed by atoms with van der Waals surface area (Å²) in [6, 6.07) is 25.2. The van der Waals surface area contributed by atoms with Crippen molar-refractivity contribution in [3.63, 3.8) is 0 Å². The number of carbonyl (C=O) groups is 6. The number of carbonyl (C=O) groups excluding carboxylic acids is 5. The number of benzene rings is 5. The van der Waals surface area contributed by atoms with E-state index in [1.165, 1.54) is 80.6 Å². The maximum absolute atomic E-state index is 13.1. The molecule has 14 nitrogen and oxygen atoms in total. The van der Waals surface area contributed by atoms with Crippen LogP contribution in [0.1, 0.15) is 81.3 Å². The fourth-order valence-electron chi connectivity index (χ4n) is 5.81. The standard InChI is InChI=1S/C43H36N4O10/c1-23-34(17-15-32(38(23)51)42(55)47-35-18-16-33(43(56)57)39(52)24(35)2)46-40(53)28-7-11-30(12-8-28)45-41(54)29(19-20-44)22-37(50)26-5-3-25(4-6-26)21-36(49)27-9-13-31(48)14-10-27/h3-18,29,48,51-52H,19,21-22H2,1-2H3,(H,45,54)(H,46,53)(H,47,55)(H,56,57)/t29-/m1/s1. The molecule has 57 heavy (non-hydrogen) atoms. The van der Waals surface area contributed by atoms with Gasteiger partial charge in [-0.05, 0) is 92.2 Å². The summed E-state index contributed by atoms with van der Waals surface area (Å²) in [5, 5.41) is 56.9. The van der Waals surface area contributed by atoms with Crippen LogP contribution in [-0.2, 0) is 11.2 Å². The second-order valence-electron chi connectivity index (χ2n) is 13.1. The van der Waals surface area contributed by atoms with E-state index in [1.54, 1.807) is 24.3 Å². The lowest BCUT2D eigenvalue weighted by atomic mass is 9.94. The van der Waals surface area contributed by atoms with Gasteiger partial charge in [-0.25, -0.2) is 4.79 Å². The second kappa shape index (κ2) is 17.6. The van der Waals surface area contributed by atoms with Crippen LogP contribution in [0.5, 0.6) is 17.2 Å². The van der Waals surface area contributed by atoms with Crippen molar-refractivity contribution in [3.05, 3.63) is 142 Å². The third-order valence-electron chi connectivity index (χ3n) is 9.22. The first-order valence-corrected chi connectivity index (χ1v) is 17.4. The highest BCUT2D eigenvalue weighted by molar-refractivity contribution is 6.09. The number of hydrogen-bond donors (Lipinski definition) is 7. The molecule has 0 unspecified atom stereocenters. The molecular weight excluding hydrogens is 732 g/mol. The van der Waals surface area contributed by atoms with E-state index in [9.17, 15) is 54.5 Å². The number of nitrogens with zero attached hydrogens (tertiary/aromatic N) is 1. The molecule has 7 N–H and O–H groups in total. The molecule has 0 saturated carbocycles. The summed E-state index contributed by atoms with van der Waals surface area (Å²) in [7, 11) is 0. The Morgan fingerprint density at radius 2 is 1.12 bits per heavy atom. The normalized spacial score (nSPS) is 11.1. The predicted octanol–water partition coefficient (Wildman–Crippen LogP) is 6.79. The zero-order valence-electron chi connectivity index (χ0n) is 30.6. The number of hydrogen-bond acceptors (Lipinski definition) is 10. The van der Waals surface area contributed by atoms with Crippen molar-refractivity contribution in [1.29, 1.82) is 5.26 Å². The van der Waals surface area contributed by atoms with Crippen LogP contribution in [-0.4, -0.2) is 55.7 Å². The lowest BCUT2D eigenvalue weighted by Crippen LogP contribution is -2.25. The Bertz CT molecular complexity index is 2440. The minimum Gasteiger partial charge on any atom is -0.508 e. The summed E-state index contributed by atoms with van der Waals surface area (Å²) in [5.74, 6) is -5.62. The van der Waals surface area contributed by atoms with E-state index >= 15 is 0 Å². The number of anilines is 3. The number of ketones is 2. The maximum Gasteiger partial charge on any atom is 0.339 e. The van der Waals surface area contributed by atoms with Gasteiger partial charge in [-0.3, -0.25) is 24.0 Å². The first-order valence-electron chi connectivity index (χ1n) is 17.4. The number of amides is 3. The molecule has 14 heteroatoms. The molecule has 5 aromatic rings. The first kappa shape index (κ1) is 40.4. The minimum absolute atomic E-state index is 0.0493. The predicted molar refractivity (Wildman–Crippen MR) is 209 cm³/mol. The van der Waals surface area contributed by atoms with Gasteiger partial charge in [0.1, 0.15) is 22.8 Å². The summed E-state index contributed by atoms with van der Waals surface area (Å²) < 4.78 is 0. The van der Waals surface area contributed by atoms with Gasteiger partial charge in [0.25, 0.3) is 11.8 Å². The number of carboxylic acids is 1. The molecule has 5 rings (SSSR count). The molecule has 0 saturated heterocycles. The number of Topliss-reactive ketones (excluding diaryl/α,β-unsaturated/α-hetero) is 2. The third kappa shape index (κ3) is 9.66. The fraction of sp³-hybridized carbons (Fsp3) is 0.140. The van der Waals surface area contributed by atoms with E-state index in [1.807, 2.05) is 6.07 Å². The summed E-state index contributed by atoms with van der Waals surface area (Å²) in [6.45, 7) is 2.91. The van der Waals surface area contributed by atoms with Crippen molar-refractivity contribution in [2.24, 2.45) is 5.92 Å². The third-order valence-corrected chi connectivity index (χ3v) is 9.22. The van der Waals surface area contributed by atoms with E-state index in [2.05, 4.69) is 16.0 Å². The molecule has 0 aliphatic carbocycles. The van der Waals surface area contributed by atoms with Gasteiger partial charge in [0.05, 0.1) is 17.6 Å². The monoisotopic (exact) mass is 768 g/mol. The van der Waals surface area contributed by atoms with Gasteiger partial charge in [-0.1, -0.05) is 24.3 Å². The zero-order valence-corrected chi connectivity index (χ0v) is 30.6. The van der Waals surface area contributed by atoms with Gasteiger partial charge in [0.2, 0.25) is 5.91 Å². The molecular formula is C43H36N4O10. The molecule has 0 heterocycles. The maximum atomic E-state index is 13.1. The molecule has 3 amide bonds. The fourth-order valence-corrected chi connectivity index (χ4v) is 5.81. The van der Waals surface area contributed by atoms with Gasteiger partial charge in [0, 0.05) is 64.1 Å². The highest BCUT2D eigenvalue weighted by atomic mass is 16.4. The van der Waals surface area contributed by atoms with Crippen molar-refractivity contribution < 1.29 is 49.2 Å².